The van der Waals surface area contributed by atoms with E-state index in [2.05, 4.69) is 13.8 Å². The van der Waals surface area contributed by atoms with E-state index in [1.807, 2.05) is 0 Å². The van der Waals surface area contributed by atoms with E-state index >= 15 is 0 Å². The highest BCUT2D eigenvalue weighted by molar-refractivity contribution is 5.76. The van der Waals surface area contributed by atoms with Crippen molar-refractivity contribution in [1.29, 1.82) is 0 Å². The first-order valence-electron chi connectivity index (χ1n) is 4.77. The Bertz CT molecular complexity index is 164. The van der Waals surface area contributed by atoms with Crippen LogP contribution >= 0.6 is 0 Å². The van der Waals surface area contributed by atoms with Gasteiger partial charge in [-0.2, -0.15) is 0 Å². The van der Waals surface area contributed by atoms with E-state index in [4.69, 9.17) is 10.5 Å². The quantitative estimate of drug-likeness (QED) is 0.664. The SMILES string of the molecule is CC(C)CCOC(=O)C(C)(C)CN. The second kappa shape index (κ2) is 5.22. The third-order valence-electron chi connectivity index (χ3n) is 1.99. The monoisotopic (exact) mass is 187 g/mol. The summed E-state index contributed by atoms with van der Waals surface area (Å²) in [5, 5.41) is 0. The van der Waals surface area contributed by atoms with E-state index in [1.54, 1.807) is 13.8 Å². The van der Waals surface area contributed by atoms with E-state index in [-0.39, 0.29) is 5.97 Å². The molecular formula is C10H21NO2. The highest BCUT2D eigenvalue weighted by Crippen LogP contribution is 2.15. The maximum absolute atomic E-state index is 11.4. The molecule has 0 saturated heterocycles. The second-order valence-corrected chi connectivity index (χ2v) is 4.41. The van der Waals surface area contributed by atoms with Crippen molar-refractivity contribution in [1.82, 2.24) is 0 Å². The van der Waals surface area contributed by atoms with Crippen molar-refractivity contribution in [2.75, 3.05) is 13.2 Å². The average Bonchev–Trinajstić information content (AvgIpc) is 2.03. The van der Waals surface area contributed by atoms with Crippen molar-refractivity contribution < 1.29 is 9.53 Å². The van der Waals surface area contributed by atoms with Gasteiger partial charge in [0.05, 0.1) is 12.0 Å². The zero-order valence-corrected chi connectivity index (χ0v) is 9.09. The first-order valence-corrected chi connectivity index (χ1v) is 4.77. The van der Waals surface area contributed by atoms with Gasteiger partial charge in [0.1, 0.15) is 0 Å². The lowest BCUT2D eigenvalue weighted by Gasteiger charge is -2.20. The molecule has 0 saturated carbocycles. The first kappa shape index (κ1) is 12.4. The third kappa shape index (κ3) is 4.88. The van der Waals surface area contributed by atoms with Gasteiger partial charge in [0.15, 0.2) is 0 Å². The van der Waals surface area contributed by atoms with Gasteiger partial charge in [-0.15, -0.1) is 0 Å². The molecule has 0 spiro atoms. The van der Waals surface area contributed by atoms with Gasteiger partial charge in [-0.1, -0.05) is 13.8 Å². The molecule has 0 bridgehead atoms. The lowest BCUT2D eigenvalue weighted by Crippen LogP contribution is -2.34. The number of ether oxygens (including phenoxy) is 1. The molecule has 0 aliphatic carbocycles. The zero-order valence-electron chi connectivity index (χ0n) is 9.09. The second-order valence-electron chi connectivity index (χ2n) is 4.41. The van der Waals surface area contributed by atoms with Gasteiger partial charge >= 0.3 is 5.97 Å². The lowest BCUT2D eigenvalue weighted by molar-refractivity contribution is -0.153. The summed E-state index contributed by atoms with van der Waals surface area (Å²) in [6, 6.07) is 0. The predicted molar refractivity (Wildman–Crippen MR) is 53.2 cm³/mol. The van der Waals surface area contributed by atoms with Crippen molar-refractivity contribution in [2.24, 2.45) is 17.1 Å². The fourth-order valence-electron chi connectivity index (χ4n) is 0.666. The third-order valence-corrected chi connectivity index (χ3v) is 1.99. The summed E-state index contributed by atoms with van der Waals surface area (Å²) in [7, 11) is 0. The van der Waals surface area contributed by atoms with Crippen LogP contribution < -0.4 is 5.73 Å². The largest absolute Gasteiger partial charge is 0.465 e. The number of carbonyl (C=O) groups is 1. The van der Waals surface area contributed by atoms with E-state index in [0.717, 1.165) is 6.42 Å². The Kier molecular flexibility index (Phi) is 4.99. The molecule has 0 aliphatic heterocycles. The van der Waals surface area contributed by atoms with Gasteiger partial charge < -0.3 is 10.5 Å². The molecule has 0 atom stereocenters. The molecule has 3 heteroatoms. The summed E-state index contributed by atoms with van der Waals surface area (Å²) in [4.78, 5) is 11.4. The Morgan fingerprint density at radius 1 is 1.46 bits per heavy atom. The summed E-state index contributed by atoms with van der Waals surface area (Å²) in [5.41, 5.74) is 4.89. The molecule has 0 fully saturated rings. The Labute approximate surface area is 80.6 Å². The molecule has 0 aromatic heterocycles. The minimum absolute atomic E-state index is 0.198. The Balaban J connectivity index is 3.75. The van der Waals surface area contributed by atoms with Crippen LogP contribution in [0.15, 0.2) is 0 Å². The molecule has 2 N–H and O–H groups in total. The number of rotatable bonds is 5. The molecule has 0 aliphatic rings. The van der Waals surface area contributed by atoms with Crippen LogP contribution in [0.4, 0.5) is 0 Å². The smallest absolute Gasteiger partial charge is 0.312 e. The van der Waals surface area contributed by atoms with E-state index in [1.165, 1.54) is 0 Å². The van der Waals surface area contributed by atoms with Crippen molar-refractivity contribution in [3.63, 3.8) is 0 Å². The summed E-state index contributed by atoms with van der Waals surface area (Å²) >= 11 is 0. The maximum atomic E-state index is 11.4. The summed E-state index contributed by atoms with van der Waals surface area (Å²) in [5.74, 6) is 0.365. The molecule has 0 rings (SSSR count). The van der Waals surface area contributed by atoms with Crippen molar-refractivity contribution in [3.8, 4) is 0 Å². The van der Waals surface area contributed by atoms with Gasteiger partial charge in [-0.25, -0.2) is 0 Å². The number of hydrogen-bond donors (Lipinski definition) is 1. The van der Waals surface area contributed by atoms with Gasteiger partial charge in [0.2, 0.25) is 0 Å². The highest BCUT2D eigenvalue weighted by atomic mass is 16.5. The molecule has 0 radical (unpaired) electrons. The van der Waals surface area contributed by atoms with E-state index in [0.29, 0.717) is 19.1 Å². The fraction of sp³-hybridized carbons (Fsp3) is 0.900. The van der Waals surface area contributed by atoms with Crippen molar-refractivity contribution in [3.05, 3.63) is 0 Å². The normalized spacial score (nSPS) is 11.8. The van der Waals surface area contributed by atoms with Crippen molar-refractivity contribution >= 4 is 5.97 Å². The topological polar surface area (TPSA) is 52.3 Å². The molecule has 0 aromatic rings. The van der Waals surface area contributed by atoms with E-state index in [9.17, 15) is 4.79 Å². The van der Waals surface area contributed by atoms with Crippen molar-refractivity contribution in [2.45, 2.75) is 34.1 Å². The molecule has 13 heavy (non-hydrogen) atoms. The van der Waals surface area contributed by atoms with Crippen LogP contribution in [0.1, 0.15) is 34.1 Å². The van der Waals surface area contributed by atoms with Crippen LogP contribution in [0, 0.1) is 11.3 Å². The van der Waals surface area contributed by atoms with Gasteiger partial charge in [-0.05, 0) is 26.2 Å². The van der Waals surface area contributed by atoms with E-state index < -0.39 is 5.41 Å². The van der Waals surface area contributed by atoms with Crippen LogP contribution in [0.3, 0.4) is 0 Å². The number of esters is 1. The Morgan fingerprint density at radius 3 is 2.38 bits per heavy atom. The molecule has 0 aromatic carbocycles. The summed E-state index contributed by atoms with van der Waals surface area (Å²) < 4.78 is 5.09. The first-order chi connectivity index (χ1) is 5.90. The molecule has 78 valence electrons. The summed E-state index contributed by atoms with van der Waals surface area (Å²) in [6.07, 6.45) is 0.909. The highest BCUT2D eigenvalue weighted by Gasteiger charge is 2.27. The zero-order chi connectivity index (χ0) is 10.5. The minimum Gasteiger partial charge on any atom is -0.465 e. The van der Waals surface area contributed by atoms with Crippen LogP contribution in [0.25, 0.3) is 0 Å². The standard InChI is InChI=1S/C10H21NO2/c1-8(2)5-6-13-9(12)10(3,4)7-11/h8H,5-7,11H2,1-4H3. The Morgan fingerprint density at radius 2 is 2.00 bits per heavy atom. The van der Waals surface area contributed by atoms with Crippen LogP contribution in [-0.4, -0.2) is 19.1 Å². The van der Waals surface area contributed by atoms with Crippen LogP contribution in [-0.2, 0) is 9.53 Å². The molecule has 0 unspecified atom stereocenters. The molecule has 0 heterocycles. The van der Waals surface area contributed by atoms with Crippen LogP contribution in [0.5, 0.6) is 0 Å². The van der Waals surface area contributed by atoms with Gasteiger partial charge in [0, 0.05) is 6.54 Å². The number of nitrogens with two attached hydrogens (primary N) is 1. The predicted octanol–water partition coefficient (Wildman–Crippen LogP) is 1.56. The Hall–Kier alpha value is -0.570. The number of hydrogen-bond acceptors (Lipinski definition) is 3. The van der Waals surface area contributed by atoms with Crippen LogP contribution in [0.2, 0.25) is 0 Å². The maximum Gasteiger partial charge on any atom is 0.312 e. The van der Waals surface area contributed by atoms with Gasteiger partial charge in [0.25, 0.3) is 0 Å². The number of carbonyl (C=O) groups excluding carboxylic acids is 1. The minimum atomic E-state index is -0.545. The lowest BCUT2D eigenvalue weighted by atomic mass is 9.94. The molecular weight excluding hydrogens is 166 g/mol. The molecule has 0 amide bonds. The average molecular weight is 187 g/mol. The van der Waals surface area contributed by atoms with Gasteiger partial charge in [-0.3, -0.25) is 4.79 Å². The summed E-state index contributed by atoms with van der Waals surface area (Å²) in [6.45, 7) is 8.62. The molecule has 3 nitrogen and oxygen atoms in total. The fourth-order valence-corrected chi connectivity index (χ4v) is 0.666.